The molecule has 0 spiro atoms. The highest BCUT2D eigenvalue weighted by Gasteiger charge is 2.21. The van der Waals surface area contributed by atoms with Gasteiger partial charge in [0.2, 0.25) is 0 Å². The molecule has 0 radical (unpaired) electrons. The van der Waals surface area contributed by atoms with Crippen LogP contribution in [-0.4, -0.2) is 12.6 Å². The van der Waals surface area contributed by atoms with Gasteiger partial charge in [-0.1, -0.05) is 6.42 Å². The monoisotopic (exact) mass is 241 g/mol. The normalized spacial score (nSPS) is 15.4. The van der Waals surface area contributed by atoms with Crippen LogP contribution in [0.2, 0.25) is 0 Å². The molecule has 2 rings (SSSR count). The Morgan fingerprint density at radius 3 is 2.59 bits per heavy atom. The van der Waals surface area contributed by atoms with E-state index in [2.05, 4.69) is 0 Å². The second kappa shape index (κ2) is 4.69. The largest absolute Gasteiger partial charge is 0.462 e. The molecule has 92 valence electrons. The maximum absolute atomic E-state index is 13.0. The molecule has 0 bridgehead atoms. The first-order valence-electron chi connectivity index (χ1n) is 5.49. The van der Waals surface area contributed by atoms with Gasteiger partial charge in [-0.05, 0) is 24.8 Å². The van der Waals surface area contributed by atoms with Crippen molar-refractivity contribution in [1.82, 2.24) is 0 Å². The minimum Gasteiger partial charge on any atom is -0.462 e. The first kappa shape index (κ1) is 11.8. The molecular weight excluding hydrogens is 228 g/mol. The van der Waals surface area contributed by atoms with E-state index in [0.29, 0.717) is 12.5 Å². The van der Waals surface area contributed by atoms with Crippen molar-refractivity contribution in [3.8, 4) is 0 Å². The predicted octanol–water partition coefficient (Wildman–Crippen LogP) is 2.50. The minimum atomic E-state index is -1.10. The topological polar surface area (TPSA) is 52.3 Å². The highest BCUT2D eigenvalue weighted by molar-refractivity contribution is 5.95. The molecule has 0 aliphatic heterocycles. The van der Waals surface area contributed by atoms with Crippen molar-refractivity contribution in [3.05, 3.63) is 29.3 Å². The average molecular weight is 241 g/mol. The van der Waals surface area contributed by atoms with Gasteiger partial charge in [0, 0.05) is 11.8 Å². The van der Waals surface area contributed by atoms with Crippen LogP contribution < -0.4 is 5.73 Å². The Balaban J connectivity index is 2.04. The van der Waals surface area contributed by atoms with Crippen LogP contribution in [0.1, 0.15) is 29.6 Å². The van der Waals surface area contributed by atoms with Gasteiger partial charge >= 0.3 is 5.97 Å². The third kappa shape index (κ3) is 2.54. The van der Waals surface area contributed by atoms with Gasteiger partial charge in [0.15, 0.2) is 11.6 Å². The van der Waals surface area contributed by atoms with Gasteiger partial charge in [-0.3, -0.25) is 0 Å². The van der Waals surface area contributed by atoms with Crippen LogP contribution in [0.4, 0.5) is 14.5 Å². The smallest absolute Gasteiger partial charge is 0.340 e. The van der Waals surface area contributed by atoms with E-state index < -0.39 is 17.6 Å². The molecule has 0 atom stereocenters. The quantitative estimate of drug-likeness (QED) is 0.653. The number of ether oxygens (including phenoxy) is 1. The van der Waals surface area contributed by atoms with Crippen LogP contribution in [-0.2, 0) is 4.74 Å². The summed E-state index contributed by atoms with van der Waals surface area (Å²) in [6.07, 6.45) is 3.23. The number of anilines is 1. The van der Waals surface area contributed by atoms with Gasteiger partial charge < -0.3 is 10.5 Å². The molecule has 0 unspecified atom stereocenters. The molecule has 1 aromatic carbocycles. The fourth-order valence-electron chi connectivity index (χ4n) is 1.67. The number of carbonyl (C=O) groups is 1. The van der Waals surface area contributed by atoms with E-state index >= 15 is 0 Å². The van der Waals surface area contributed by atoms with E-state index in [1.807, 2.05) is 0 Å². The maximum Gasteiger partial charge on any atom is 0.340 e. The summed E-state index contributed by atoms with van der Waals surface area (Å²) < 4.78 is 30.8. The number of nitrogens with two attached hydrogens (primary N) is 1. The molecule has 1 fully saturated rings. The highest BCUT2D eigenvalue weighted by Crippen LogP contribution is 2.27. The molecule has 17 heavy (non-hydrogen) atoms. The zero-order valence-electron chi connectivity index (χ0n) is 9.21. The molecule has 3 nitrogen and oxygen atoms in total. The highest BCUT2D eigenvalue weighted by atomic mass is 19.2. The number of hydrogen-bond acceptors (Lipinski definition) is 3. The van der Waals surface area contributed by atoms with Crippen LogP contribution in [0.5, 0.6) is 0 Å². The van der Waals surface area contributed by atoms with Crippen LogP contribution in [0.25, 0.3) is 0 Å². The minimum absolute atomic E-state index is 0.109. The summed E-state index contributed by atoms with van der Waals surface area (Å²) in [6, 6.07) is 1.56. The lowest BCUT2D eigenvalue weighted by molar-refractivity contribution is 0.0372. The molecule has 1 aliphatic carbocycles. The zero-order valence-corrected chi connectivity index (χ0v) is 9.21. The molecule has 0 saturated heterocycles. The molecule has 1 saturated carbocycles. The number of carbonyl (C=O) groups excluding carboxylic acids is 1. The van der Waals surface area contributed by atoms with Crippen molar-refractivity contribution >= 4 is 11.7 Å². The summed E-state index contributed by atoms with van der Waals surface area (Å²) in [6.45, 7) is 0.317. The Bertz CT molecular complexity index is 444. The molecular formula is C12H13F2NO2. The number of nitrogen functional groups attached to an aromatic ring is 1. The number of benzene rings is 1. The van der Waals surface area contributed by atoms with Crippen molar-refractivity contribution in [3.63, 3.8) is 0 Å². The second-order valence-electron chi connectivity index (χ2n) is 4.25. The van der Waals surface area contributed by atoms with E-state index in [1.165, 1.54) is 0 Å². The Labute approximate surface area is 97.6 Å². The van der Waals surface area contributed by atoms with Crippen LogP contribution >= 0.6 is 0 Å². The van der Waals surface area contributed by atoms with Gasteiger partial charge in [0.1, 0.15) is 0 Å². The maximum atomic E-state index is 13.0. The molecule has 0 aromatic heterocycles. The molecule has 2 N–H and O–H groups in total. The number of rotatable bonds is 3. The summed E-state index contributed by atoms with van der Waals surface area (Å²) in [5.41, 5.74) is 5.21. The van der Waals surface area contributed by atoms with Crippen LogP contribution in [0.3, 0.4) is 0 Å². The average Bonchev–Trinajstić information content (AvgIpc) is 2.21. The summed E-state index contributed by atoms with van der Waals surface area (Å²) in [7, 11) is 0. The van der Waals surface area contributed by atoms with Gasteiger partial charge in [-0.15, -0.1) is 0 Å². The zero-order chi connectivity index (χ0) is 12.4. The van der Waals surface area contributed by atoms with Crippen molar-refractivity contribution in [1.29, 1.82) is 0 Å². The lowest BCUT2D eigenvalue weighted by atomic mass is 9.86. The third-order valence-electron chi connectivity index (χ3n) is 2.99. The van der Waals surface area contributed by atoms with Crippen molar-refractivity contribution < 1.29 is 18.3 Å². The third-order valence-corrected chi connectivity index (χ3v) is 2.99. The number of hydrogen-bond donors (Lipinski definition) is 1. The van der Waals surface area contributed by atoms with E-state index in [4.69, 9.17) is 10.5 Å². The van der Waals surface area contributed by atoms with Gasteiger partial charge in [0.05, 0.1) is 12.2 Å². The summed E-state index contributed by atoms with van der Waals surface area (Å²) in [5.74, 6) is -2.48. The lowest BCUT2D eigenvalue weighted by Crippen LogP contribution is -2.20. The number of esters is 1. The fraction of sp³-hybridized carbons (Fsp3) is 0.417. The standard InChI is InChI=1S/C12H13F2NO2/c13-9-4-8(11(15)5-10(9)14)12(16)17-6-7-2-1-3-7/h4-5,7H,1-3,6,15H2. The summed E-state index contributed by atoms with van der Waals surface area (Å²) in [5, 5.41) is 0. The lowest BCUT2D eigenvalue weighted by Gasteiger charge is -2.24. The first-order valence-corrected chi connectivity index (χ1v) is 5.49. The summed E-state index contributed by atoms with van der Waals surface area (Å²) in [4.78, 5) is 11.6. The van der Waals surface area contributed by atoms with Gasteiger partial charge in [-0.2, -0.15) is 0 Å². The van der Waals surface area contributed by atoms with Crippen molar-refractivity contribution in [2.24, 2.45) is 5.92 Å². The van der Waals surface area contributed by atoms with Crippen molar-refractivity contribution in [2.45, 2.75) is 19.3 Å². The Morgan fingerprint density at radius 1 is 1.35 bits per heavy atom. The van der Waals surface area contributed by atoms with Crippen molar-refractivity contribution in [2.75, 3.05) is 12.3 Å². The molecule has 0 amide bonds. The van der Waals surface area contributed by atoms with E-state index in [0.717, 1.165) is 31.4 Å². The Morgan fingerprint density at radius 2 is 2.00 bits per heavy atom. The van der Waals surface area contributed by atoms with E-state index in [9.17, 15) is 13.6 Å². The summed E-state index contributed by atoms with van der Waals surface area (Å²) >= 11 is 0. The molecule has 1 aliphatic rings. The first-order chi connectivity index (χ1) is 8.08. The number of halogens is 2. The van der Waals surface area contributed by atoms with E-state index in [1.54, 1.807) is 0 Å². The SMILES string of the molecule is Nc1cc(F)c(F)cc1C(=O)OCC1CCC1. The molecule has 0 heterocycles. The van der Waals surface area contributed by atoms with Crippen LogP contribution in [0.15, 0.2) is 12.1 Å². The van der Waals surface area contributed by atoms with E-state index in [-0.39, 0.29) is 11.3 Å². The predicted molar refractivity (Wildman–Crippen MR) is 58.4 cm³/mol. The van der Waals surface area contributed by atoms with Gasteiger partial charge in [-0.25, -0.2) is 13.6 Å². The molecule has 5 heteroatoms. The fourth-order valence-corrected chi connectivity index (χ4v) is 1.67. The van der Waals surface area contributed by atoms with Crippen LogP contribution in [0, 0.1) is 17.6 Å². The Hall–Kier alpha value is -1.65. The second-order valence-corrected chi connectivity index (χ2v) is 4.25. The van der Waals surface area contributed by atoms with Gasteiger partial charge in [0.25, 0.3) is 0 Å². The molecule has 1 aromatic rings. The Kier molecular flexibility index (Phi) is 3.26.